The standard InChI is InChI=1S/C13H21N3O8P2/c1-4-10(25(19,20)21)16(11(5-2)26(22,23)24)13(3,12(17)18)6-9-7-14-8-15-9/h4-5,7-8,10-11H,1-2,6H2,3H3,(H,14,15)(H,17,18)(H2,19,20,21)(H2,22,23,24)/t10?,11?,13-/m0/s1. The number of carbonyl (C=O) groups is 1. The van der Waals surface area contributed by atoms with Gasteiger partial charge in [-0.25, -0.2) is 4.98 Å². The van der Waals surface area contributed by atoms with Crippen molar-refractivity contribution in [1.29, 1.82) is 0 Å². The van der Waals surface area contributed by atoms with Crippen molar-refractivity contribution in [3.05, 3.63) is 43.5 Å². The van der Waals surface area contributed by atoms with Crippen LogP contribution in [0.2, 0.25) is 0 Å². The van der Waals surface area contributed by atoms with Gasteiger partial charge in [0.15, 0.2) is 0 Å². The van der Waals surface area contributed by atoms with Crippen LogP contribution in [-0.2, 0) is 20.3 Å². The summed E-state index contributed by atoms with van der Waals surface area (Å²) in [6, 6.07) is 0. The Kier molecular flexibility index (Phi) is 6.89. The smallest absolute Gasteiger partial charge is 0.346 e. The summed E-state index contributed by atoms with van der Waals surface area (Å²) >= 11 is 0. The molecule has 0 saturated heterocycles. The molecule has 1 aromatic heterocycles. The molecule has 0 aromatic carbocycles. The van der Waals surface area contributed by atoms with E-state index in [9.17, 15) is 38.6 Å². The molecular formula is C13H21N3O8P2. The highest BCUT2D eigenvalue weighted by molar-refractivity contribution is 7.53. The molecule has 0 bridgehead atoms. The minimum atomic E-state index is -5.07. The molecule has 6 N–H and O–H groups in total. The van der Waals surface area contributed by atoms with Crippen LogP contribution in [0.3, 0.4) is 0 Å². The first kappa shape index (κ1) is 22.5. The number of aliphatic carboxylic acids is 1. The number of hydrogen-bond acceptors (Lipinski definition) is 5. The Balaban J connectivity index is 3.70. The first-order chi connectivity index (χ1) is 11.8. The Bertz CT molecular complexity index is 721. The number of imidazole rings is 1. The lowest BCUT2D eigenvalue weighted by Crippen LogP contribution is -2.60. The Labute approximate surface area is 149 Å². The van der Waals surface area contributed by atoms with Crippen LogP contribution in [0.5, 0.6) is 0 Å². The zero-order valence-corrected chi connectivity index (χ0v) is 15.6. The van der Waals surface area contributed by atoms with E-state index in [1.54, 1.807) is 0 Å². The maximum Gasteiger partial charge on any atom is 0.346 e. The second-order valence-electron chi connectivity index (χ2n) is 5.72. The molecule has 0 aliphatic heterocycles. The van der Waals surface area contributed by atoms with Gasteiger partial charge in [-0.15, -0.1) is 13.2 Å². The Morgan fingerprint density at radius 1 is 1.27 bits per heavy atom. The molecule has 0 saturated carbocycles. The SMILES string of the molecule is C=CC(N(C(C=C)P(=O)(O)O)[C@@](C)(Cc1cnc[nH]1)C(=O)O)P(=O)(O)O. The lowest BCUT2D eigenvalue weighted by atomic mass is 9.93. The molecule has 0 radical (unpaired) electrons. The third kappa shape index (κ3) is 4.77. The van der Waals surface area contributed by atoms with E-state index in [1.807, 2.05) is 0 Å². The van der Waals surface area contributed by atoms with Gasteiger partial charge in [0.05, 0.1) is 6.33 Å². The normalized spacial score (nSPS) is 17.3. The third-order valence-corrected chi connectivity index (χ3v) is 6.10. The number of H-pyrrole nitrogens is 1. The molecule has 1 aromatic rings. The number of carboxylic acid groups (broad SMARTS) is 1. The van der Waals surface area contributed by atoms with Gasteiger partial charge in [-0.1, -0.05) is 12.2 Å². The molecule has 26 heavy (non-hydrogen) atoms. The van der Waals surface area contributed by atoms with E-state index in [1.165, 1.54) is 12.5 Å². The molecule has 0 spiro atoms. The number of nitrogens with zero attached hydrogens (tertiary/aromatic N) is 2. The van der Waals surface area contributed by atoms with E-state index in [4.69, 9.17) is 0 Å². The summed E-state index contributed by atoms with van der Waals surface area (Å²) in [6.07, 6.45) is 3.68. The number of carboxylic acids is 1. The van der Waals surface area contributed by atoms with Crippen LogP contribution in [-0.4, -0.2) is 62.6 Å². The number of aromatic nitrogens is 2. The van der Waals surface area contributed by atoms with E-state index in [0.29, 0.717) is 4.90 Å². The van der Waals surface area contributed by atoms with Crippen LogP contribution in [0.25, 0.3) is 0 Å². The van der Waals surface area contributed by atoms with E-state index in [-0.39, 0.29) is 12.1 Å². The first-order valence-electron chi connectivity index (χ1n) is 7.13. The molecular weight excluding hydrogens is 388 g/mol. The van der Waals surface area contributed by atoms with Crippen LogP contribution in [0.1, 0.15) is 12.6 Å². The molecule has 13 heteroatoms. The largest absolute Gasteiger partial charge is 0.480 e. The molecule has 0 amide bonds. The van der Waals surface area contributed by atoms with Crippen LogP contribution in [0.4, 0.5) is 0 Å². The molecule has 0 fully saturated rings. The highest BCUT2D eigenvalue weighted by Crippen LogP contribution is 2.53. The van der Waals surface area contributed by atoms with Gasteiger partial charge < -0.3 is 29.7 Å². The molecule has 11 nitrogen and oxygen atoms in total. The first-order valence-corrected chi connectivity index (χ1v) is 10.5. The minimum absolute atomic E-state index is 0.280. The maximum atomic E-state index is 12.0. The summed E-state index contributed by atoms with van der Waals surface area (Å²) in [4.78, 5) is 57.5. The molecule has 146 valence electrons. The van der Waals surface area contributed by atoms with Gasteiger partial charge in [0.1, 0.15) is 17.1 Å². The Morgan fingerprint density at radius 3 is 2.00 bits per heavy atom. The summed E-state index contributed by atoms with van der Waals surface area (Å²) in [6.45, 7) is 7.66. The monoisotopic (exact) mass is 409 g/mol. The molecule has 3 atom stereocenters. The lowest BCUT2D eigenvalue weighted by Gasteiger charge is -2.45. The lowest BCUT2D eigenvalue weighted by molar-refractivity contribution is -0.151. The van der Waals surface area contributed by atoms with Gasteiger partial charge in [0.2, 0.25) is 0 Å². The van der Waals surface area contributed by atoms with Crippen molar-refractivity contribution in [2.75, 3.05) is 0 Å². The van der Waals surface area contributed by atoms with E-state index in [2.05, 4.69) is 23.1 Å². The minimum Gasteiger partial charge on any atom is -0.480 e. The zero-order chi connectivity index (χ0) is 20.3. The fourth-order valence-corrected chi connectivity index (χ4v) is 4.70. The van der Waals surface area contributed by atoms with Gasteiger partial charge in [-0.2, -0.15) is 0 Å². The van der Waals surface area contributed by atoms with Gasteiger partial charge >= 0.3 is 21.2 Å². The second kappa shape index (κ2) is 7.98. The number of hydrogen-bond donors (Lipinski definition) is 6. The van der Waals surface area contributed by atoms with Gasteiger partial charge in [0.25, 0.3) is 0 Å². The van der Waals surface area contributed by atoms with Gasteiger partial charge in [-0.05, 0) is 6.92 Å². The predicted molar refractivity (Wildman–Crippen MR) is 92.2 cm³/mol. The number of nitrogens with one attached hydrogen (secondary N) is 1. The Hall–Kier alpha value is -1.58. The van der Waals surface area contributed by atoms with E-state index in [0.717, 1.165) is 19.1 Å². The van der Waals surface area contributed by atoms with Crippen molar-refractivity contribution in [2.45, 2.75) is 30.4 Å². The molecule has 1 heterocycles. The molecule has 0 aliphatic carbocycles. The van der Waals surface area contributed by atoms with Crippen molar-refractivity contribution in [2.24, 2.45) is 0 Å². The van der Waals surface area contributed by atoms with Crippen LogP contribution < -0.4 is 0 Å². The van der Waals surface area contributed by atoms with Crippen molar-refractivity contribution >= 4 is 21.2 Å². The third-order valence-electron chi connectivity index (χ3n) is 3.80. The van der Waals surface area contributed by atoms with Crippen molar-refractivity contribution in [3.63, 3.8) is 0 Å². The zero-order valence-electron chi connectivity index (χ0n) is 13.8. The maximum absolute atomic E-state index is 12.0. The summed E-state index contributed by atoms with van der Waals surface area (Å²) in [5.74, 6) is -5.53. The van der Waals surface area contributed by atoms with Crippen LogP contribution in [0.15, 0.2) is 37.8 Å². The average molecular weight is 409 g/mol. The predicted octanol–water partition coefficient (Wildman–Crippen LogP) is 0.477. The molecule has 1 rings (SSSR count). The molecule has 0 aliphatic rings. The van der Waals surface area contributed by atoms with Crippen molar-refractivity contribution < 1.29 is 38.6 Å². The van der Waals surface area contributed by atoms with E-state index < -0.39 is 38.3 Å². The summed E-state index contributed by atoms with van der Waals surface area (Å²) in [5.41, 5.74) is -1.87. The van der Waals surface area contributed by atoms with Gasteiger partial charge in [0, 0.05) is 18.3 Å². The highest BCUT2D eigenvalue weighted by Gasteiger charge is 2.53. The average Bonchev–Trinajstić information content (AvgIpc) is 2.96. The highest BCUT2D eigenvalue weighted by atomic mass is 31.2. The Morgan fingerprint density at radius 2 is 1.73 bits per heavy atom. The van der Waals surface area contributed by atoms with Crippen LogP contribution in [0, 0.1) is 0 Å². The number of aromatic amines is 1. The summed E-state index contributed by atoms with van der Waals surface area (Å²) in [5, 5.41) is 9.77. The number of rotatable bonds is 10. The fraction of sp³-hybridized carbons (Fsp3) is 0.385. The van der Waals surface area contributed by atoms with Gasteiger partial charge in [-0.3, -0.25) is 18.8 Å². The summed E-state index contributed by atoms with van der Waals surface area (Å²) < 4.78 is 23.8. The molecule has 2 unspecified atom stereocenters. The van der Waals surface area contributed by atoms with Crippen molar-refractivity contribution in [1.82, 2.24) is 14.9 Å². The second-order valence-corrected chi connectivity index (χ2v) is 9.13. The fourth-order valence-electron chi connectivity index (χ4n) is 2.60. The van der Waals surface area contributed by atoms with E-state index >= 15 is 0 Å². The van der Waals surface area contributed by atoms with Crippen LogP contribution >= 0.6 is 15.2 Å². The van der Waals surface area contributed by atoms with Crippen molar-refractivity contribution in [3.8, 4) is 0 Å². The quantitative estimate of drug-likeness (QED) is 0.235. The summed E-state index contributed by atoms with van der Waals surface area (Å²) in [7, 11) is -10.1. The topological polar surface area (TPSA) is 184 Å².